The van der Waals surface area contributed by atoms with E-state index in [9.17, 15) is 5.11 Å². The Morgan fingerprint density at radius 1 is 1.25 bits per heavy atom. The van der Waals surface area contributed by atoms with Crippen LogP contribution in [-0.2, 0) is 13.1 Å². The maximum absolute atomic E-state index is 9.86. The highest BCUT2D eigenvalue weighted by molar-refractivity contribution is 5.48. The molecule has 0 aliphatic rings. The SMILES string of the molecule is Cc1ccc(O)c(CNc2c(C)c(C)nn2CCO)c1. The summed E-state index contributed by atoms with van der Waals surface area (Å²) in [5.74, 6) is 1.17. The molecule has 1 aromatic carbocycles. The van der Waals surface area contributed by atoms with Gasteiger partial charge < -0.3 is 15.5 Å². The van der Waals surface area contributed by atoms with Gasteiger partial charge in [-0.25, -0.2) is 4.68 Å². The number of anilines is 1. The molecular formula is C15H21N3O2. The van der Waals surface area contributed by atoms with Crippen LogP contribution in [0.4, 0.5) is 5.82 Å². The van der Waals surface area contributed by atoms with Gasteiger partial charge in [-0.05, 0) is 26.8 Å². The smallest absolute Gasteiger partial charge is 0.127 e. The molecule has 1 heterocycles. The number of phenols is 1. The van der Waals surface area contributed by atoms with Crippen LogP contribution in [0.2, 0.25) is 0 Å². The van der Waals surface area contributed by atoms with Crippen molar-refractivity contribution in [1.29, 1.82) is 0 Å². The van der Waals surface area contributed by atoms with Crippen LogP contribution in [0.25, 0.3) is 0 Å². The first kappa shape index (κ1) is 14.4. The van der Waals surface area contributed by atoms with E-state index in [1.807, 2.05) is 32.9 Å². The van der Waals surface area contributed by atoms with Gasteiger partial charge in [0.25, 0.3) is 0 Å². The molecular weight excluding hydrogens is 254 g/mol. The van der Waals surface area contributed by atoms with E-state index in [1.165, 1.54) is 0 Å². The zero-order valence-corrected chi connectivity index (χ0v) is 12.1. The fourth-order valence-corrected chi connectivity index (χ4v) is 2.19. The van der Waals surface area contributed by atoms with Gasteiger partial charge in [0.05, 0.1) is 18.8 Å². The molecule has 108 valence electrons. The summed E-state index contributed by atoms with van der Waals surface area (Å²) >= 11 is 0. The lowest BCUT2D eigenvalue weighted by Crippen LogP contribution is -2.11. The molecule has 0 unspecified atom stereocenters. The summed E-state index contributed by atoms with van der Waals surface area (Å²) < 4.78 is 1.76. The molecule has 0 fully saturated rings. The lowest BCUT2D eigenvalue weighted by Gasteiger charge is -2.11. The number of benzene rings is 1. The van der Waals surface area contributed by atoms with Gasteiger partial charge in [0.1, 0.15) is 11.6 Å². The monoisotopic (exact) mass is 275 g/mol. The molecule has 2 aromatic rings. The van der Waals surface area contributed by atoms with Gasteiger partial charge in [-0.3, -0.25) is 0 Å². The van der Waals surface area contributed by atoms with E-state index in [2.05, 4.69) is 10.4 Å². The topological polar surface area (TPSA) is 70.3 Å². The largest absolute Gasteiger partial charge is 0.508 e. The van der Waals surface area contributed by atoms with Gasteiger partial charge in [-0.1, -0.05) is 17.7 Å². The highest BCUT2D eigenvalue weighted by Crippen LogP contribution is 2.22. The number of hydrogen-bond donors (Lipinski definition) is 3. The zero-order chi connectivity index (χ0) is 14.7. The lowest BCUT2D eigenvalue weighted by molar-refractivity contribution is 0.270. The molecule has 0 saturated heterocycles. The van der Waals surface area contributed by atoms with Crippen molar-refractivity contribution < 1.29 is 10.2 Å². The number of nitrogens with zero attached hydrogens (tertiary/aromatic N) is 2. The molecule has 0 aliphatic heterocycles. The third-order valence-electron chi connectivity index (χ3n) is 3.42. The fourth-order valence-electron chi connectivity index (χ4n) is 2.19. The molecule has 0 amide bonds. The van der Waals surface area contributed by atoms with Gasteiger partial charge in [0.15, 0.2) is 0 Å². The Morgan fingerprint density at radius 3 is 2.70 bits per heavy atom. The Balaban J connectivity index is 2.20. The highest BCUT2D eigenvalue weighted by Gasteiger charge is 2.11. The summed E-state index contributed by atoms with van der Waals surface area (Å²) in [6.07, 6.45) is 0. The Kier molecular flexibility index (Phi) is 4.29. The van der Waals surface area contributed by atoms with Crippen LogP contribution in [-0.4, -0.2) is 26.6 Å². The van der Waals surface area contributed by atoms with E-state index in [0.29, 0.717) is 13.1 Å². The number of hydrogen-bond acceptors (Lipinski definition) is 4. The van der Waals surface area contributed by atoms with Crippen LogP contribution in [0, 0.1) is 20.8 Å². The van der Waals surface area contributed by atoms with Crippen LogP contribution >= 0.6 is 0 Å². The molecule has 5 heteroatoms. The van der Waals surface area contributed by atoms with Crippen LogP contribution in [0.3, 0.4) is 0 Å². The number of phenolic OH excluding ortho intramolecular Hbond substituents is 1. The molecule has 0 atom stereocenters. The minimum Gasteiger partial charge on any atom is -0.508 e. The van der Waals surface area contributed by atoms with Gasteiger partial charge in [-0.15, -0.1) is 0 Å². The first-order valence-electron chi connectivity index (χ1n) is 6.70. The maximum atomic E-state index is 9.86. The van der Waals surface area contributed by atoms with Crippen molar-refractivity contribution in [2.45, 2.75) is 33.9 Å². The van der Waals surface area contributed by atoms with Crippen molar-refractivity contribution in [3.63, 3.8) is 0 Å². The van der Waals surface area contributed by atoms with E-state index >= 15 is 0 Å². The minimum absolute atomic E-state index is 0.0466. The van der Waals surface area contributed by atoms with Crippen molar-refractivity contribution >= 4 is 5.82 Å². The van der Waals surface area contributed by atoms with Crippen molar-refractivity contribution in [1.82, 2.24) is 9.78 Å². The molecule has 20 heavy (non-hydrogen) atoms. The van der Waals surface area contributed by atoms with E-state index in [1.54, 1.807) is 10.7 Å². The number of aryl methyl sites for hydroxylation is 2. The first-order valence-corrected chi connectivity index (χ1v) is 6.70. The number of rotatable bonds is 5. The second-order valence-corrected chi connectivity index (χ2v) is 4.99. The summed E-state index contributed by atoms with van der Waals surface area (Å²) in [4.78, 5) is 0. The van der Waals surface area contributed by atoms with Gasteiger partial charge in [0, 0.05) is 17.7 Å². The second-order valence-electron chi connectivity index (χ2n) is 4.99. The van der Waals surface area contributed by atoms with E-state index in [4.69, 9.17) is 5.11 Å². The van der Waals surface area contributed by atoms with E-state index in [0.717, 1.165) is 28.2 Å². The number of aromatic hydroxyl groups is 1. The molecule has 3 N–H and O–H groups in total. The molecule has 0 bridgehead atoms. The van der Waals surface area contributed by atoms with E-state index < -0.39 is 0 Å². The van der Waals surface area contributed by atoms with Crippen LogP contribution in [0.5, 0.6) is 5.75 Å². The predicted molar refractivity (Wildman–Crippen MR) is 79.0 cm³/mol. The number of nitrogens with one attached hydrogen (secondary N) is 1. The zero-order valence-electron chi connectivity index (χ0n) is 12.1. The number of aliphatic hydroxyl groups is 1. The Morgan fingerprint density at radius 2 is 2.00 bits per heavy atom. The number of aromatic nitrogens is 2. The lowest BCUT2D eigenvalue weighted by atomic mass is 10.1. The summed E-state index contributed by atoms with van der Waals surface area (Å²) in [7, 11) is 0. The van der Waals surface area contributed by atoms with Crippen molar-refractivity contribution in [3.8, 4) is 5.75 Å². The van der Waals surface area contributed by atoms with Crippen LogP contribution in [0.15, 0.2) is 18.2 Å². The summed E-state index contributed by atoms with van der Waals surface area (Å²) in [5.41, 5.74) is 3.95. The Hall–Kier alpha value is -2.01. The fraction of sp³-hybridized carbons (Fsp3) is 0.400. The van der Waals surface area contributed by atoms with Crippen LogP contribution in [0.1, 0.15) is 22.4 Å². The third-order valence-corrected chi connectivity index (χ3v) is 3.42. The van der Waals surface area contributed by atoms with Gasteiger partial charge in [-0.2, -0.15) is 5.10 Å². The molecule has 0 aliphatic carbocycles. The summed E-state index contributed by atoms with van der Waals surface area (Å²) in [5, 5.41) is 26.6. The van der Waals surface area contributed by atoms with Gasteiger partial charge >= 0.3 is 0 Å². The van der Waals surface area contributed by atoms with Crippen LogP contribution < -0.4 is 5.32 Å². The molecule has 2 rings (SSSR count). The third kappa shape index (κ3) is 2.93. The maximum Gasteiger partial charge on any atom is 0.127 e. The minimum atomic E-state index is 0.0466. The molecule has 5 nitrogen and oxygen atoms in total. The average Bonchev–Trinajstić information content (AvgIpc) is 2.67. The van der Waals surface area contributed by atoms with Gasteiger partial charge in [0.2, 0.25) is 0 Å². The summed E-state index contributed by atoms with van der Waals surface area (Å²) in [6, 6.07) is 5.54. The molecule has 0 saturated carbocycles. The predicted octanol–water partition coefficient (Wildman–Crippen LogP) is 2.12. The van der Waals surface area contributed by atoms with E-state index in [-0.39, 0.29) is 12.4 Å². The van der Waals surface area contributed by atoms with Crippen molar-refractivity contribution in [2.24, 2.45) is 0 Å². The molecule has 0 radical (unpaired) electrons. The quantitative estimate of drug-likeness (QED) is 0.781. The average molecular weight is 275 g/mol. The standard InChI is InChI=1S/C15H21N3O2/c1-10-4-5-14(20)13(8-10)9-16-15-11(2)12(3)17-18(15)6-7-19/h4-5,8,16,19-20H,6-7,9H2,1-3H3. The van der Waals surface area contributed by atoms with Crippen molar-refractivity contribution in [3.05, 3.63) is 40.6 Å². The Bertz CT molecular complexity index is 605. The molecule has 0 spiro atoms. The Labute approximate surface area is 118 Å². The normalized spacial score (nSPS) is 10.8. The second kappa shape index (κ2) is 5.96. The molecule has 1 aromatic heterocycles. The first-order chi connectivity index (χ1) is 9.52. The summed E-state index contributed by atoms with van der Waals surface area (Å²) in [6.45, 7) is 6.95. The number of aliphatic hydroxyl groups excluding tert-OH is 1. The van der Waals surface area contributed by atoms with Crippen molar-refractivity contribution in [2.75, 3.05) is 11.9 Å². The highest BCUT2D eigenvalue weighted by atomic mass is 16.3.